The number of hydrogen-bond donors (Lipinski definition) is 3. The summed E-state index contributed by atoms with van der Waals surface area (Å²) >= 11 is 1.53. The summed E-state index contributed by atoms with van der Waals surface area (Å²) < 4.78 is 0. The van der Waals surface area contributed by atoms with Crippen molar-refractivity contribution in [3.05, 3.63) is 21.4 Å². The molecule has 5 heteroatoms. The number of rotatable bonds is 4. The fourth-order valence-corrected chi connectivity index (χ4v) is 3.33. The van der Waals surface area contributed by atoms with Gasteiger partial charge in [-0.1, -0.05) is 6.92 Å². The van der Waals surface area contributed by atoms with E-state index in [1.807, 2.05) is 6.07 Å². The van der Waals surface area contributed by atoms with Crippen LogP contribution in [0.15, 0.2) is 6.07 Å². The summed E-state index contributed by atoms with van der Waals surface area (Å²) in [6.45, 7) is 1.74. The van der Waals surface area contributed by atoms with Crippen molar-refractivity contribution in [1.29, 1.82) is 0 Å². The molecule has 0 bridgehead atoms. The number of nitrogens with one attached hydrogen (secondary N) is 1. The van der Waals surface area contributed by atoms with Crippen molar-refractivity contribution >= 4 is 17.2 Å². The smallest absolute Gasteiger partial charge is 0.261 e. The molecule has 1 unspecified atom stereocenters. The molecule has 100 valence electrons. The number of carbonyl (C=O) groups is 1. The highest BCUT2D eigenvalue weighted by Crippen LogP contribution is 2.32. The van der Waals surface area contributed by atoms with E-state index in [1.165, 1.54) is 28.2 Å². The molecule has 1 atom stereocenters. The van der Waals surface area contributed by atoms with Gasteiger partial charge < -0.3 is 15.5 Å². The fourth-order valence-electron chi connectivity index (χ4n) is 2.22. The van der Waals surface area contributed by atoms with Crippen molar-refractivity contribution in [1.82, 2.24) is 5.32 Å². The first kappa shape index (κ1) is 13.5. The molecule has 0 aliphatic heterocycles. The van der Waals surface area contributed by atoms with Crippen LogP contribution in [0.25, 0.3) is 0 Å². The molecular formula is C13H19NO3S. The first-order chi connectivity index (χ1) is 8.63. The molecule has 0 fully saturated rings. The van der Waals surface area contributed by atoms with Gasteiger partial charge in [-0.3, -0.25) is 4.79 Å². The van der Waals surface area contributed by atoms with Gasteiger partial charge in [-0.15, -0.1) is 11.3 Å². The van der Waals surface area contributed by atoms with Crippen molar-refractivity contribution in [2.24, 2.45) is 5.92 Å². The average molecular weight is 269 g/mol. The van der Waals surface area contributed by atoms with E-state index in [0.29, 0.717) is 10.8 Å². The van der Waals surface area contributed by atoms with Crippen LogP contribution in [-0.2, 0) is 12.8 Å². The van der Waals surface area contributed by atoms with Gasteiger partial charge in [0.15, 0.2) is 0 Å². The number of amides is 1. The van der Waals surface area contributed by atoms with Gasteiger partial charge >= 0.3 is 0 Å². The number of aliphatic hydroxyl groups is 2. The van der Waals surface area contributed by atoms with E-state index in [0.717, 1.165) is 12.8 Å². The molecule has 1 amide bonds. The van der Waals surface area contributed by atoms with Crippen molar-refractivity contribution in [3.8, 4) is 0 Å². The molecule has 0 aromatic carbocycles. The zero-order valence-corrected chi connectivity index (χ0v) is 11.3. The first-order valence-corrected chi connectivity index (χ1v) is 7.09. The van der Waals surface area contributed by atoms with Crippen LogP contribution in [0.1, 0.15) is 33.5 Å². The number of hydrogen-bond acceptors (Lipinski definition) is 4. The standard InChI is InChI=1S/C13H19NO3S/c1-8-2-3-11-9(4-8)5-12(18-11)13(17)14-10(6-15)7-16/h5,8,10,15-16H,2-4,6-7H2,1H3,(H,14,17). The molecule has 1 aromatic rings. The molecule has 0 saturated heterocycles. The molecule has 1 aliphatic rings. The molecule has 4 nitrogen and oxygen atoms in total. The van der Waals surface area contributed by atoms with Gasteiger partial charge in [-0.05, 0) is 36.8 Å². The van der Waals surface area contributed by atoms with Crippen molar-refractivity contribution in [2.45, 2.75) is 32.2 Å². The molecule has 18 heavy (non-hydrogen) atoms. The van der Waals surface area contributed by atoms with Gasteiger partial charge in [-0.2, -0.15) is 0 Å². The first-order valence-electron chi connectivity index (χ1n) is 6.28. The van der Waals surface area contributed by atoms with E-state index in [4.69, 9.17) is 10.2 Å². The maximum Gasteiger partial charge on any atom is 0.261 e. The minimum atomic E-state index is -0.574. The number of aryl methyl sites for hydroxylation is 1. The van der Waals surface area contributed by atoms with Crippen LogP contribution in [-0.4, -0.2) is 35.4 Å². The maximum atomic E-state index is 11.9. The number of thiophene rings is 1. The Morgan fingerprint density at radius 1 is 1.56 bits per heavy atom. The lowest BCUT2D eigenvalue weighted by Gasteiger charge is -2.16. The van der Waals surface area contributed by atoms with Gasteiger partial charge in [-0.25, -0.2) is 0 Å². The van der Waals surface area contributed by atoms with Gasteiger partial charge in [0.25, 0.3) is 5.91 Å². The molecule has 2 rings (SSSR count). The SMILES string of the molecule is CC1CCc2sc(C(=O)NC(CO)CO)cc2C1. The van der Waals surface area contributed by atoms with E-state index in [-0.39, 0.29) is 19.1 Å². The highest BCUT2D eigenvalue weighted by molar-refractivity contribution is 7.14. The third-order valence-corrected chi connectivity index (χ3v) is 4.56. The maximum absolute atomic E-state index is 11.9. The Morgan fingerprint density at radius 3 is 2.94 bits per heavy atom. The lowest BCUT2D eigenvalue weighted by molar-refractivity contribution is 0.0883. The second-order valence-electron chi connectivity index (χ2n) is 4.94. The van der Waals surface area contributed by atoms with Crippen LogP contribution in [0.3, 0.4) is 0 Å². The lowest BCUT2D eigenvalue weighted by Crippen LogP contribution is -2.39. The summed E-state index contributed by atoms with van der Waals surface area (Å²) in [7, 11) is 0. The van der Waals surface area contributed by atoms with E-state index in [2.05, 4.69) is 12.2 Å². The second kappa shape index (κ2) is 5.82. The minimum Gasteiger partial charge on any atom is -0.394 e. The van der Waals surface area contributed by atoms with Crippen molar-refractivity contribution < 1.29 is 15.0 Å². The highest BCUT2D eigenvalue weighted by atomic mass is 32.1. The predicted octanol–water partition coefficient (Wildman–Crippen LogP) is 0.956. The molecular weight excluding hydrogens is 250 g/mol. The molecule has 3 N–H and O–H groups in total. The second-order valence-corrected chi connectivity index (χ2v) is 6.08. The zero-order valence-electron chi connectivity index (χ0n) is 10.5. The Morgan fingerprint density at radius 2 is 2.28 bits per heavy atom. The van der Waals surface area contributed by atoms with E-state index in [9.17, 15) is 4.79 Å². The molecule has 1 heterocycles. The fraction of sp³-hybridized carbons (Fsp3) is 0.615. The molecule has 1 aliphatic carbocycles. The van der Waals surface area contributed by atoms with E-state index >= 15 is 0 Å². The Labute approximate surface area is 111 Å². The van der Waals surface area contributed by atoms with Gasteiger partial charge in [0.2, 0.25) is 0 Å². The topological polar surface area (TPSA) is 69.6 Å². The Kier molecular flexibility index (Phi) is 4.37. The molecule has 0 spiro atoms. The summed E-state index contributed by atoms with van der Waals surface area (Å²) in [6, 6.07) is 1.38. The summed E-state index contributed by atoms with van der Waals surface area (Å²) in [4.78, 5) is 13.9. The van der Waals surface area contributed by atoms with Gasteiger partial charge in [0.05, 0.1) is 24.1 Å². The van der Waals surface area contributed by atoms with Crippen LogP contribution >= 0.6 is 11.3 Å². The van der Waals surface area contributed by atoms with Crippen LogP contribution in [0, 0.1) is 5.92 Å². The minimum absolute atomic E-state index is 0.199. The largest absolute Gasteiger partial charge is 0.394 e. The summed E-state index contributed by atoms with van der Waals surface area (Å²) in [5, 5.41) is 20.5. The summed E-state index contributed by atoms with van der Waals surface area (Å²) in [5.74, 6) is 0.487. The van der Waals surface area contributed by atoms with Crippen molar-refractivity contribution in [2.75, 3.05) is 13.2 Å². The molecule has 1 aromatic heterocycles. The summed E-state index contributed by atoms with van der Waals surface area (Å²) in [6.07, 6.45) is 3.28. The highest BCUT2D eigenvalue weighted by Gasteiger charge is 2.21. The van der Waals surface area contributed by atoms with Crippen LogP contribution < -0.4 is 5.32 Å². The van der Waals surface area contributed by atoms with Gasteiger partial charge in [0.1, 0.15) is 0 Å². The Bertz CT molecular complexity index is 426. The van der Waals surface area contributed by atoms with E-state index < -0.39 is 6.04 Å². The summed E-state index contributed by atoms with van der Waals surface area (Å²) in [5.41, 5.74) is 1.29. The normalized spacial score (nSPS) is 18.8. The zero-order chi connectivity index (χ0) is 13.1. The van der Waals surface area contributed by atoms with Crippen LogP contribution in [0.4, 0.5) is 0 Å². The number of carbonyl (C=O) groups excluding carboxylic acids is 1. The molecule has 0 saturated carbocycles. The van der Waals surface area contributed by atoms with E-state index in [1.54, 1.807) is 0 Å². The van der Waals surface area contributed by atoms with Gasteiger partial charge in [0, 0.05) is 4.88 Å². The molecule has 0 radical (unpaired) electrons. The monoisotopic (exact) mass is 269 g/mol. The van der Waals surface area contributed by atoms with Crippen LogP contribution in [0.5, 0.6) is 0 Å². The average Bonchev–Trinajstić information content (AvgIpc) is 2.78. The van der Waals surface area contributed by atoms with Crippen LogP contribution in [0.2, 0.25) is 0 Å². The Balaban J connectivity index is 2.07. The lowest BCUT2D eigenvalue weighted by atomic mass is 9.90. The third kappa shape index (κ3) is 2.91. The number of fused-ring (bicyclic) bond motifs is 1. The number of aliphatic hydroxyl groups excluding tert-OH is 2. The quantitative estimate of drug-likeness (QED) is 0.762. The van der Waals surface area contributed by atoms with Crippen molar-refractivity contribution in [3.63, 3.8) is 0 Å². The predicted molar refractivity (Wildman–Crippen MR) is 70.9 cm³/mol. The third-order valence-electron chi connectivity index (χ3n) is 3.33. The Hall–Kier alpha value is -0.910.